The van der Waals surface area contributed by atoms with Crippen molar-refractivity contribution in [2.24, 2.45) is 0 Å². The molecule has 24 heavy (non-hydrogen) atoms. The summed E-state index contributed by atoms with van der Waals surface area (Å²) in [5, 5.41) is 0. The minimum absolute atomic E-state index is 0.0884. The van der Waals surface area contributed by atoms with Gasteiger partial charge in [-0.3, -0.25) is 9.78 Å². The summed E-state index contributed by atoms with van der Waals surface area (Å²) in [7, 11) is -5.18. The zero-order chi connectivity index (χ0) is 17.9. The third kappa shape index (κ3) is 4.51. The van der Waals surface area contributed by atoms with Gasteiger partial charge in [0.25, 0.3) is 5.91 Å². The average molecular weight is 352 g/mol. The fourth-order valence-corrected chi connectivity index (χ4v) is 2.51. The second kappa shape index (κ2) is 6.96. The van der Waals surface area contributed by atoms with Gasteiger partial charge < -0.3 is 9.08 Å². The van der Waals surface area contributed by atoms with Crippen molar-refractivity contribution >= 4 is 22.1 Å². The number of aryl methyl sites for hydroxylation is 1. The molecule has 0 radical (unpaired) electrons. The number of carbonyl (C=O) groups excluding carboxylic acids is 1. The minimum atomic E-state index is -5.18. The van der Waals surface area contributed by atoms with Gasteiger partial charge in [0.1, 0.15) is 0 Å². The molecule has 0 atom stereocenters. The van der Waals surface area contributed by atoms with E-state index < -0.39 is 16.4 Å². The zero-order valence-electron chi connectivity index (χ0n) is 13.4. The fraction of sp³-hybridized carbons (Fsp3) is 0.250. The molecule has 0 aliphatic carbocycles. The Bertz CT molecular complexity index is 835. The Morgan fingerprint density at radius 3 is 2.38 bits per heavy atom. The van der Waals surface area contributed by atoms with Crippen LogP contribution in [-0.4, -0.2) is 25.4 Å². The Balaban J connectivity index is 2.37. The Morgan fingerprint density at radius 2 is 1.83 bits per heavy atom. The lowest BCUT2D eigenvalue weighted by atomic mass is 10.1. The van der Waals surface area contributed by atoms with Crippen LogP contribution in [0.2, 0.25) is 0 Å². The van der Waals surface area contributed by atoms with Gasteiger partial charge in [-0.15, -0.1) is 0 Å². The number of hydrogen-bond donors (Lipinski definition) is 0. The molecule has 0 saturated heterocycles. The predicted molar refractivity (Wildman–Crippen MR) is 88.0 cm³/mol. The molecule has 2 aromatic rings. The van der Waals surface area contributed by atoms with Gasteiger partial charge in [-0.2, -0.15) is 8.42 Å². The number of halogens is 1. The van der Waals surface area contributed by atoms with E-state index in [9.17, 15) is 17.1 Å². The maximum atomic E-state index is 12.8. The second-order valence-electron chi connectivity index (χ2n) is 5.49. The summed E-state index contributed by atoms with van der Waals surface area (Å²) >= 11 is 0. The van der Waals surface area contributed by atoms with Crippen LogP contribution in [0.25, 0.3) is 0 Å². The number of aromatic nitrogens is 1. The van der Waals surface area contributed by atoms with E-state index in [4.69, 9.17) is 0 Å². The highest BCUT2D eigenvalue weighted by Gasteiger charge is 2.22. The van der Waals surface area contributed by atoms with Crippen LogP contribution in [0.5, 0.6) is 5.75 Å². The highest BCUT2D eigenvalue weighted by atomic mass is 32.3. The van der Waals surface area contributed by atoms with E-state index in [1.54, 1.807) is 0 Å². The first-order valence-electron chi connectivity index (χ1n) is 7.17. The van der Waals surface area contributed by atoms with E-state index >= 15 is 0 Å². The number of carbonyl (C=O) groups is 1. The summed E-state index contributed by atoms with van der Waals surface area (Å²) in [5.74, 6) is -0.765. The summed E-state index contributed by atoms with van der Waals surface area (Å²) in [4.78, 5) is 18.0. The van der Waals surface area contributed by atoms with Crippen molar-refractivity contribution in [3.05, 3.63) is 53.9 Å². The lowest BCUT2D eigenvalue weighted by Gasteiger charge is -2.27. The molecule has 6 nitrogen and oxygen atoms in total. The van der Waals surface area contributed by atoms with Gasteiger partial charge >= 0.3 is 10.5 Å². The van der Waals surface area contributed by atoms with Crippen LogP contribution >= 0.6 is 0 Å². The van der Waals surface area contributed by atoms with Crippen molar-refractivity contribution < 1.29 is 21.3 Å². The number of anilines is 1. The standard InChI is InChI=1S/C16H17FN2O4S/c1-11(2)19(14-6-4-12(3)5-7-14)16(20)13-8-15(10-18-9-13)23-24(17,21)22/h4-11H,1-3H3. The van der Waals surface area contributed by atoms with Gasteiger partial charge in [0.05, 0.1) is 11.8 Å². The molecule has 128 valence electrons. The molecule has 0 saturated carbocycles. The normalized spacial score (nSPS) is 11.4. The van der Waals surface area contributed by atoms with E-state index in [2.05, 4.69) is 9.17 Å². The molecule has 0 spiro atoms. The molecule has 0 bridgehead atoms. The molecule has 1 amide bonds. The van der Waals surface area contributed by atoms with Gasteiger partial charge in [0, 0.05) is 17.9 Å². The van der Waals surface area contributed by atoms with Crippen LogP contribution in [0.15, 0.2) is 42.7 Å². The van der Waals surface area contributed by atoms with Crippen LogP contribution in [0, 0.1) is 6.92 Å². The Hall–Kier alpha value is -2.48. The Kier molecular flexibility index (Phi) is 5.18. The molecule has 1 aromatic carbocycles. The average Bonchev–Trinajstić information content (AvgIpc) is 2.47. The summed E-state index contributed by atoms with van der Waals surface area (Å²) in [6.45, 7) is 5.63. The minimum Gasteiger partial charge on any atom is -0.357 e. The molecule has 1 aromatic heterocycles. The highest BCUT2D eigenvalue weighted by Crippen LogP contribution is 2.22. The van der Waals surface area contributed by atoms with Crippen molar-refractivity contribution in [1.82, 2.24) is 4.98 Å². The van der Waals surface area contributed by atoms with Crippen LogP contribution in [0.3, 0.4) is 0 Å². The molecule has 0 unspecified atom stereocenters. The Morgan fingerprint density at radius 1 is 1.21 bits per heavy atom. The third-order valence-electron chi connectivity index (χ3n) is 3.20. The number of amides is 1. The molecule has 1 heterocycles. The maximum absolute atomic E-state index is 12.8. The number of rotatable bonds is 5. The van der Waals surface area contributed by atoms with Crippen molar-refractivity contribution in [2.75, 3.05) is 4.90 Å². The topological polar surface area (TPSA) is 76.6 Å². The smallest absolute Gasteiger partial charge is 0.357 e. The van der Waals surface area contributed by atoms with Crippen LogP contribution < -0.4 is 9.08 Å². The highest BCUT2D eigenvalue weighted by molar-refractivity contribution is 7.81. The molecule has 0 aliphatic heterocycles. The van der Waals surface area contributed by atoms with E-state index in [1.165, 1.54) is 11.1 Å². The van der Waals surface area contributed by atoms with Crippen molar-refractivity contribution in [3.63, 3.8) is 0 Å². The van der Waals surface area contributed by atoms with Crippen molar-refractivity contribution in [2.45, 2.75) is 26.8 Å². The maximum Gasteiger partial charge on any atom is 0.488 e. The predicted octanol–water partition coefficient (Wildman–Crippen LogP) is 3.04. The molecule has 0 N–H and O–H groups in total. The largest absolute Gasteiger partial charge is 0.488 e. The summed E-state index contributed by atoms with van der Waals surface area (Å²) in [6, 6.07) is 8.36. The molecule has 0 aliphatic rings. The van der Waals surface area contributed by atoms with Gasteiger partial charge in [-0.05, 0) is 39.0 Å². The lowest BCUT2D eigenvalue weighted by molar-refractivity contribution is 0.0979. The van der Waals surface area contributed by atoms with Gasteiger partial charge in [0.2, 0.25) is 0 Å². The SMILES string of the molecule is Cc1ccc(N(C(=O)c2cncc(OS(=O)(=O)F)c2)C(C)C)cc1. The van der Waals surface area contributed by atoms with Gasteiger partial charge in [0.15, 0.2) is 5.75 Å². The first-order valence-corrected chi connectivity index (χ1v) is 8.47. The van der Waals surface area contributed by atoms with E-state index in [-0.39, 0.29) is 17.4 Å². The van der Waals surface area contributed by atoms with Crippen LogP contribution in [0.1, 0.15) is 29.8 Å². The molecule has 0 fully saturated rings. The van der Waals surface area contributed by atoms with Crippen LogP contribution in [0.4, 0.5) is 9.57 Å². The number of hydrogen-bond acceptors (Lipinski definition) is 5. The molecular formula is C16H17FN2O4S. The first kappa shape index (κ1) is 17.9. The zero-order valence-corrected chi connectivity index (χ0v) is 14.2. The fourth-order valence-electron chi connectivity index (χ4n) is 2.19. The molecule has 2 rings (SSSR count). The summed E-state index contributed by atoms with van der Waals surface area (Å²) in [5.41, 5.74) is 1.83. The quantitative estimate of drug-likeness (QED) is 0.773. The van der Waals surface area contributed by atoms with Gasteiger partial charge in [-0.1, -0.05) is 21.6 Å². The molecule has 8 heteroatoms. The summed E-state index contributed by atoms with van der Waals surface area (Å²) in [6.07, 6.45) is 2.28. The third-order valence-corrected chi connectivity index (χ3v) is 3.59. The number of pyridine rings is 1. The van der Waals surface area contributed by atoms with E-state index in [0.29, 0.717) is 5.69 Å². The van der Waals surface area contributed by atoms with Gasteiger partial charge in [-0.25, -0.2) is 0 Å². The first-order chi connectivity index (χ1) is 11.2. The lowest BCUT2D eigenvalue weighted by Crippen LogP contribution is -2.37. The van der Waals surface area contributed by atoms with Crippen LogP contribution in [-0.2, 0) is 10.5 Å². The Labute approximate surface area is 140 Å². The van der Waals surface area contributed by atoms with Crippen molar-refractivity contribution in [1.29, 1.82) is 0 Å². The monoisotopic (exact) mass is 352 g/mol. The van der Waals surface area contributed by atoms with Crippen molar-refractivity contribution in [3.8, 4) is 5.75 Å². The number of benzene rings is 1. The molecular weight excluding hydrogens is 335 g/mol. The van der Waals surface area contributed by atoms with E-state index in [0.717, 1.165) is 17.8 Å². The number of nitrogens with zero attached hydrogens (tertiary/aromatic N) is 2. The van der Waals surface area contributed by atoms with E-state index in [1.807, 2.05) is 45.0 Å². The summed E-state index contributed by atoms with van der Waals surface area (Å²) < 4.78 is 37.9. The second-order valence-corrected chi connectivity index (χ2v) is 6.44.